The first-order chi connectivity index (χ1) is 9.13. The molecule has 0 radical (unpaired) electrons. The second-order valence-electron chi connectivity index (χ2n) is 3.74. The van der Waals surface area contributed by atoms with Crippen LogP contribution in [0.4, 0.5) is 8.78 Å². The van der Waals surface area contributed by atoms with E-state index in [1.54, 1.807) is 16.8 Å². The number of aromatic nitrogens is 2. The summed E-state index contributed by atoms with van der Waals surface area (Å²) in [6, 6.07) is 5.89. The van der Waals surface area contributed by atoms with Crippen LogP contribution in [-0.2, 0) is 6.54 Å². The predicted octanol–water partition coefficient (Wildman–Crippen LogP) is 2.74. The van der Waals surface area contributed by atoms with Crippen LogP contribution in [0.5, 0.6) is 5.75 Å². The monoisotopic (exact) mass is 266 g/mol. The van der Waals surface area contributed by atoms with Crippen molar-refractivity contribution in [3.8, 4) is 5.75 Å². The third-order valence-electron chi connectivity index (χ3n) is 2.61. The number of aryl methyl sites for hydroxylation is 1. The van der Waals surface area contributed by atoms with E-state index in [4.69, 9.17) is 0 Å². The molecule has 0 fully saturated rings. The number of ketones is 1. The van der Waals surface area contributed by atoms with Crippen molar-refractivity contribution in [2.75, 3.05) is 0 Å². The van der Waals surface area contributed by atoms with E-state index in [1.165, 1.54) is 24.4 Å². The molecular formula is C13H12F2N2O2. The fraction of sp³-hybridized carbons (Fsp3) is 0.231. The molecule has 0 bridgehead atoms. The molecule has 0 unspecified atom stereocenters. The van der Waals surface area contributed by atoms with Crippen molar-refractivity contribution in [1.29, 1.82) is 0 Å². The molecule has 1 heterocycles. The largest absolute Gasteiger partial charge is 0.434 e. The number of hydrogen-bond donors (Lipinski definition) is 0. The van der Waals surface area contributed by atoms with Gasteiger partial charge >= 0.3 is 6.61 Å². The highest BCUT2D eigenvalue weighted by Gasteiger charge is 2.20. The first kappa shape index (κ1) is 13.2. The van der Waals surface area contributed by atoms with Gasteiger partial charge in [0, 0.05) is 18.9 Å². The first-order valence-corrected chi connectivity index (χ1v) is 5.73. The van der Waals surface area contributed by atoms with Gasteiger partial charge in [0.05, 0.1) is 5.56 Å². The number of ether oxygens (including phenoxy) is 1. The van der Waals surface area contributed by atoms with Crippen LogP contribution < -0.4 is 4.74 Å². The average Bonchev–Trinajstić information content (AvgIpc) is 2.86. The second-order valence-corrected chi connectivity index (χ2v) is 3.74. The van der Waals surface area contributed by atoms with Gasteiger partial charge < -0.3 is 9.30 Å². The van der Waals surface area contributed by atoms with E-state index in [1.807, 2.05) is 6.92 Å². The number of carbonyl (C=O) groups is 1. The van der Waals surface area contributed by atoms with Crippen molar-refractivity contribution < 1.29 is 18.3 Å². The van der Waals surface area contributed by atoms with Crippen LogP contribution in [0, 0.1) is 0 Å². The zero-order valence-corrected chi connectivity index (χ0v) is 10.2. The summed E-state index contributed by atoms with van der Waals surface area (Å²) >= 11 is 0. The summed E-state index contributed by atoms with van der Waals surface area (Å²) in [5, 5.41) is 0. The average molecular weight is 266 g/mol. The van der Waals surface area contributed by atoms with Crippen molar-refractivity contribution >= 4 is 5.78 Å². The minimum absolute atomic E-state index is 0.0729. The Kier molecular flexibility index (Phi) is 3.89. The molecule has 2 aromatic rings. The van der Waals surface area contributed by atoms with E-state index in [0.717, 1.165) is 0 Å². The Morgan fingerprint density at radius 3 is 2.84 bits per heavy atom. The summed E-state index contributed by atoms with van der Waals surface area (Å²) in [5.41, 5.74) is 0.0729. The molecule has 4 nitrogen and oxygen atoms in total. The molecule has 2 rings (SSSR count). The molecule has 19 heavy (non-hydrogen) atoms. The minimum Gasteiger partial charge on any atom is -0.434 e. The summed E-state index contributed by atoms with van der Waals surface area (Å²) < 4.78 is 30.6. The molecule has 1 aromatic heterocycles. The second kappa shape index (κ2) is 5.60. The van der Waals surface area contributed by atoms with Gasteiger partial charge in [0.25, 0.3) is 0 Å². The van der Waals surface area contributed by atoms with E-state index in [0.29, 0.717) is 6.54 Å². The van der Waals surface area contributed by atoms with E-state index in [2.05, 4.69) is 9.72 Å². The zero-order chi connectivity index (χ0) is 13.8. The molecule has 0 N–H and O–H groups in total. The van der Waals surface area contributed by atoms with Crippen molar-refractivity contribution in [3.05, 3.63) is 48.0 Å². The topological polar surface area (TPSA) is 44.1 Å². The molecule has 0 amide bonds. The van der Waals surface area contributed by atoms with Gasteiger partial charge in [-0.1, -0.05) is 12.1 Å². The fourth-order valence-electron chi connectivity index (χ4n) is 1.75. The maximum atomic E-state index is 12.3. The highest BCUT2D eigenvalue weighted by atomic mass is 19.3. The van der Waals surface area contributed by atoms with Crippen molar-refractivity contribution in [2.45, 2.75) is 20.1 Å². The summed E-state index contributed by atoms with van der Waals surface area (Å²) in [7, 11) is 0. The molecule has 1 aromatic carbocycles. The molecule has 6 heteroatoms. The van der Waals surface area contributed by atoms with Gasteiger partial charge in [-0.2, -0.15) is 8.78 Å². The van der Waals surface area contributed by atoms with Crippen LogP contribution in [0.15, 0.2) is 36.7 Å². The fourth-order valence-corrected chi connectivity index (χ4v) is 1.75. The Morgan fingerprint density at radius 1 is 1.42 bits per heavy atom. The molecule has 0 aliphatic rings. The third-order valence-corrected chi connectivity index (χ3v) is 2.61. The van der Waals surface area contributed by atoms with Crippen LogP contribution in [-0.4, -0.2) is 21.9 Å². The lowest BCUT2D eigenvalue weighted by atomic mass is 10.1. The maximum Gasteiger partial charge on any atom is 0.387 e. The van der Waals surface area contributed by atoms with Gasteiger partial charge in [0.2, 0.25) is 5.78 Å². The molecule has 0 saturated carbocycles. The number of alkyl halides is 2. The van der Waals surface area contributed by atoms with Crippen molar-refractivity contribution in [3.63, 3.8) is 0 Å². The van der Waals surface area contributed by atoms with E-state index < -0.39 is 12.4 Å². The number of halogens is 2. The zero-order valence-electron chi connectivity index (χ0n) is 10.2. The highest BCUT2D eigenvalue weighted by Crippen LogP contribution is 2.22. The number of imidazole rings is 1. The van der Waals surface area contributed by atoms with Gasteiger partial charge in [-0.3, -0.25) is 4.79 Å². The van der Waals surface area contributed by atoms with Crippen molar-refractivity contribution in [1.82, 2.24) is 9.55 Å². The maximum absolute atomic E-state index is 12.3. The minimum atomic E-state index is -2.97. The summed E-state index contributed by atoms with van der Waals surface area (Å²) in [5.74, 6) is -0.385. The number of benzene rings is 1. The summed E-state index contributed by atoms with van der Waals surface area (Å²) in [6.07, 6.45) is 3.15. The Hall–Kier alpha value is -2.24. The molecule has 0 saturated heterocycles. The Bertz CT molecular complexity index is 582. The smallest absolute Gasteiger partial charge is 0.387 e. The predicted molar refractivity (Wildman–Crippen MR) is 64.4 cm³/mol. The quantitative estimate of drug-likeness (QED) is 0.781. The van der Waals surface area contributed by atoms with Gasteiger partial charge in [-0.15, -0.1) is 0 Å². The Balaban J connectivity index is 2.39. The van der Waals surface area contributed by atoms with Crippen LogP contribution in [0.25, 0.3) is 0 Å². The van der Waals surface area contributed by atoms with Crippen LogP contribution in [0.3, 0.4) is 0 Å². The first-order valence-electron chi connectivity index (χ1n) is 5.73. The Morgan fingerprint density at radius 2 is 2.16 bits per heavy atom. The highest BCUT2D eigenvalue weighted by molar-refractivity contribution is 6.08. The Labute approximate surface area is 108 Å². The molecule has 100 valence electrons. The van der Waals surface area contributed by atoms with Gasteiger partial charge in [-0.25, -0.2) is 4.98 Å². The number of hydrogen-bond acceptors (Lipinski definition) is 3. The van der Waals surface area contributed by atoms with E-state index in [9.17, 15) is 13.6 Å². The lowest BCUT2D eigenvalue weighted by Gasteiger charge is -2.10. The van der Waals surface area contributed by atoms with Crippen LogP contribution in [0.2, 0.25) is 0 Å². The number of rotatable bonds is 5. The molecule has 0 atom stereocenters. The standard InChI is InChI=1S/C13H12F2N2O2/c1-2-17-8-7-16-12(17)11(18)9-5-3-4-6-10(9)19-13(14)15/h3-8,13H,2H2,1H3. The number of carbonyl (C=O) groups excluding carboxylic acids is 1. The molecule has 0 aliphatic heterocycles. The van der Waals surface area contributed by atoms with Gasteiger partial charge in [-0.05, 0) is 19.1 Å². The normalized spacial score (nSPS) is 10.7. The SMILES string of the molecule is CCn1ccnc1C(=O)c1ccccc1OC(F)F. The molecular weight excluding hydrogens is 254 g/mol. The van der Waals surface area contributed by atoms with Gasteiger partial charge in [0.1, 0.15) is 5.75 Å². The third kappa shape index (κ3) is 2.78. The molecule has 0 aliphatic carbocycles. The lowest BCUT2D eigenvalue weighted by molar-refractivity contribution is -0.0501. The molecule has 0 spiro atoms. The van der Waals surface area contributed by atoms with Gasteiger partial charge in [0.15, 0.2) is 5.82 Å². The van der Waals surface area contributed by atoms with Crippen molar-refractivity contribution in [2.24, 2.45) is 0 Å². The van der Waals surface area contributed by atoms with Crippen LogP contribution >= 0.6 is 0 Å². The summed E-state index contributed by atoms with van der Waals surface area (Å²) in [6.45, 7) is -0.543. The van der Waals surface area contributed by atoms with E-state index >= 15 is 0 Å². The number of para-hydroxylation sites is 1. The lowest BCUT2D eigenvalue weighted by Crippen LogP contribution is -2.13. The van der Waals surface area contributed by atoms with E-state index in [-0.39, 0.29) is 17.1 Å². The number of nitrogens with zero attached hydrogens (tertiary/aromatic N) is 2. The van der Waals surface area contributed by atoms with Crippen LogP contribution in [0.1, 0.15) is 23.1 Å². The summed E-state index contributed by atoms with van der Waals surface area (Å²) in [4.78, 5) is 16.2.